The fourth-order valence-corrected chi connectivity index (χ4v) is 3.04. The summed E-state index contributed by atoms with van der Waals surface area (Å²) in [5, 5.41) is 9.20. The van der Waals surface area contributed by atoms with E-state index in [1.54, 1.807) is 11.8 Å². The number of benzene rings is 2. The molecular weight excluding hydrogens is 325 g/mol. The number of hydrogen-bond acceptors (Lipinski definition) is 3. The zero-order valence-electron chi connectivity index (χ0n) is 10.9. The molecule has 0 bridgehead atoms. The number of nitrogens with one attached hydrogen (secondary N) is 1. The van der Waals surface area contributed by atoms with Crippen molar-refractivity contribution in [2.45, 2.75) is 10.9 Å². The minimum atomic E-state index is 0.653. The lowest BCUT2D eigenvalue weighted by Gasteiger charge is -1.99. The summed E-state index contributed by atoms with van der Waals surface area (Å²) in [6, 6.07) is 15.3. The van der Waals surface area contributed by atoms with Crippen LogP contribution in [-0.2, 0) is 5.75 Å². The summed E-state index contributed by atoms with van der Waals surface area (Å²) in [6.07, 6.45) is 0. The first-order valence-electron chi connectivity index (χ1n) is 6.27. The van der Waals surface area contributed by atoms with Crippen LogP contribution < -0.4 is 0 Å². The van der Waals surface area contributed by atoms with E-state index in [9.17, 15) is 0 Å². The van der Waals surface area contributed by atoms with Crippen LogP contribution >= 0.6 is 35.0 Å². The largest absolute Gasteiger partial charge is 0.258 e. The van der Waals surface area contributed by atoms with Gasteiger partial charge in [-0.15, -0.1) is 5.10 Å². The van der Waals surface area contributed by atoms with Crippen molar-refractivity contribution in [3.8, 4) is 11.4 Å². The molecule has 0 saturated carbocycles. The fraction of sp³-hybridized carbons (Fsp3) is 0.0667. The van der Waals surface area contributed by atoms with Gasteiger partial charge in [-0.25, -0.2) is 4.98 Å². The molecule has 0 amide bonds. The summed E-state index contributed by atoms with van der Waals surface area (Å²) in [7, 11) is 0. The van der Waals surface area contributed by atoms with Gasteiger partial charge in [0.05, 0.1) is 5.02 Å². The van der Waals surface area contributed by atoms with Crippen molar-refractivity contribution in [3.63, 3.8) is 0 Å². The van der Waals surface area contributed by atoms with Crippen LogP contribution in [0.4, 0.5) is 0 Å². The highest BCUT2D eigenvalue weighted by atomic mass is 35.5. The van der Waals surface area contributed by atoms with Crippen molar-refractivity contribution in [2.24, 2.45) is 0 Å². The molecule has 0 unspecified atom stereocenters. The molecule has 0 aliphatic rings. The van der Waals surface area contributed by atoms with E-state index in [2.05, 4.69) is 15.2 Å². The molecule has 0 fully saturated rings. The summed E-state index contributed by atoms with van der Waals surface area (Å²) in [4.78, 5) is 4.46. The molecule has 2 aromatic carbocycles. The maximum atomic E-state index is 6.15. The SMILES string of the molecule is Clc1cccc(CSc2n[nH]c(-c3ccccc3Cl)n2)c1. The number of thioether (sulfide) groups is 1. The van der Waals surface area contributed by atoms with Crippen molar-refractivity contribution in [3.05, 3.63) is 64.1 Å². The molecule has 0 radical (unpaired) electrons. The molecule has 3 aromatic rings. The van der Waals surface area contributed by atoms with Crippen LogP contribution in [0.25, 0.3) is 11.4 Å². The Kier molecular flexibility index (Phi) is 4.48. The number of aromatic nitrogens is 3. The Morgan fingerprint density at radius 3 is 2.71 bits per heavy atom. The van der Waals surface area contributed by atoms with E-state index in [1.807, 2.05) is 48.5 Å². The van der Waals surface area contributed by atoms with E-state index in [1.165, 1.54) is 0 Å². The van der Waals surface area contributed by atoms with E-state index in [4.69, 9.17) is 23.2 Å². The minimum absolute atomic E-state index is 0.653. The summed E-state index contributed by atoms with van der Waals surface area (Å²) >= 11 is 13.7. The van der Waals surface area contributed by atoms with Crippen LogP contribution in [0.15, 0.2) is 53.7 Å². The summed E-state index contributed by atoms with van der Waals surface area (Å²) in [5.74, 6) is 1.44. The van der Waals surface area contributed by atoms with E-state index < -0.39 is 0 Å². The Morgan fingerprint density at radius 1 is 1.05 bits per heavy atom. The molecule has 0 atom stereocenters. The number of H-pyrrole nitrogens is 1. The summed E-state index contributed by atoms with van der Waals surface area (Å²) < 4.78 is 0. The highest BCUT2D eigenvalue weighted by Crippen LogP contribution is 2.27. The molecule has 6 heteroatoms. The molecule has 0 aliphatic heterocycles. The first-order valence-corrected chi connectivity index (χ1v) is 8.01. The third kappa shape index (κ3) is 3.59. The molecule has 3 rings (SSSR count). The Hall–Kier alpha value is -1.49. The molecular formula is C15H11Cl2N3S. The van der Waals surface area contributed by atoms with Gasteiger partial charge in [0.1, 0.15) is 0 Å². The van der Waals surface area contributed by atoms with Gasteiger partial charge in [-0.05, 0) is 29.8 Å². The monoisotopic (exact) mass is 335 g/mol. The lowest BCUT2D eigenvalue weighted by Crippen LogP contribution is -1.83. The Balaban J connectivity index is 1.72. The minimum Gasteiger partial charge on any atom is -0.258 e. The summed E-state index contributed by atoms with van der Waals surface area (Å²) in [6.45, 7) is 0. The maximum Gasteiger partial charge on any atom is 0.209 e. The molecule has 1 N–H and O–H groups in total. The third-order valence-corrected chi connectivity index (χ3v) is 4.33. The van der Waals surface area contributed by atoms with Crippen LogP contribution in [0.1, 0.15) is 5.56 Å². The average Bonchev–Trinajstić information content (AvgIpc) is 2.94. The number of hydrogen-bond donors (Lipinski definition) is 1. The van der Waals surface area contributed by atoms with Gasteiger partial charge in [0.25, 0.3) is 0 Å². The van der Waals surface area contributed by atoms with E-state index in [0.29, 0.717) is 16.0 Å². The molecule has 0 aliphatic carbocycles. The maximum absolute atomic E-state index is 6.15. The average molecular weight is 336 g/mol. The first-order chi connectivity index (χ1) is 10.2. The quantitative estimate of drug-likeness (QED) is 0.676. The Labute approximate surface area is 136 Å². The van der Waals surface area contributed by atoms with E-state index in [-0.39, 0.29) is 0 Å². The molecule has 0 saturated heterocycles. The molecule has 1 heterocycles. The van der Waals surface area contributed by atoms with E-state index >= 15 is 0 Å². The molecule has 1 aromatic heterocycles. The number of halogens is 2. The predicted octanol–water partition coefficient (Wildman–Crippen LogP) is 5.07. The summed E-state index contributed by atoms with van der Waals surface area (Å²) in [5.41, 5.74) is 1.98. The number of nitrogens with zero attached hydrogens (tertiary/aromatic N) is 2. The standard InChI is InChI=1S/C15H11Cl2N3S/c16-11-5-3-4-10(8-11)9-21-15-18-14(19-20-15)12-6-1-2-7-13(12)17/h1-8H,9H2,(H,18,19,20). The van der Waals surface area contributed by atoms with Gasteiger partial charge >= 0.3 is 0 Å². The molecule has 106 valence electrons. The lowest BCUT2D eigenvalue weighted by atomic mass is 10.2. The topological polar surface area (TPSA) is 41.6 Å². The van der Waals surface area contributed by atoms with Crippen LogP contribution in [0.2, 0.25) is 10.0 Å². The van der Waals surface area contributed by atoms with Crippen molar-refractivity contribution < 1.29 is 0 Å². The smallest absolute Gasteiger partial charge is 0.209 e. The van der Waals surface area contributed by atoms with E-state index in [0.717, 1.165) is 21.9 Å². The second-order valence-corrected chi connectivity index (χ2v) is 6.15. The van der Waals surface area contributed by atoms with Crippen LogP contribution in [0, 0.1) is 0 Å². The Bertz CT molecular complexity index is 758. The van der Waals surface area contributed by atoms with Gasteiger partial charge in [-0.1, -0.05) is 59.2 Å². The van der Waals surface area contributed by atoms with Gasteiger partial charge in [0, 0.05) is 16.3 Å². The third-order valence-electron chi connectivity index (χ3n) is 2.85. The first kappa shape index (κ1) is 14.4. The van der Waals surface area contributed by atoms with Gasteiger partial charge in [0.2, 0.25) is 5.16 Å². The number of rotatable bonds is 4. The van der Waals surface area contributed by atoms with Gasteiger partial charge in [0.15, 0.2) is 5.82 Å². The van der Waals surface area contributed by atoms with Gasteiger partial charge in [-0.3, -0.25) is 5.10 Å². The zero-order valence-corrected chi connectivity index (χ0v) is 13.2. The van der Waals surface area contributed by atoms with Crippen molar-refractivity contribution in [1.29, 1.82) is 0 Å². The normalized spacial score (nSPS) is 10.8. The van der Waals surface area contributed by atoms with Crippen LogP contribution in [-0.4, -0.2) is 15.2 Å². The molecule has 21 heavy (non-hydrogen) atoms. The van der Waals surface area contributed by atoms with Crippen molar-refractivity contribution in [2.75, 3.05) is 0 Å². The van der Waals surface area contributed by atoms with Gasteiger partial charge < -0.3 is 0 Å². The van der Waals surface area contributed by atoms with Gasteiger partial charge in [-0.2, -0.15) is 0 Å². The lowest BCUT2D eigenvalue weighted by molar-refractivity contribution is 0.973. The molecule has 0 spiro atoms. The van der Waals surface area contributed by atoms with Crippen molar-refractivity contribution >= 4 is 35.0 Å². The van der Waals surface area contributed by atoms with Crippen LogP contribution in [0.3, 0.4) is 0 Å². The highest BCUT2D eigenvalue weighted by molar-refractivity contribution is 7.98. The Morgan fingerprint density at radius 2 is 1.90 bits per heavy atom. The second-order valence-electron chi connectivity index (χ2n) is 4.37. The van der Waals surface area contributed by atoms with Crippen LogP contribution in [0.5, 0.6) is 0 Å². The van der Waals surface area contributed by atoms with Crippen molar-refractivity contribution in [1.82, 2.24) is 15.2 Å². The second kappa shape index (κ2) is 6.52. The zero-order chi connectivity index (χ0) is 14.7. The number of aromatic amines is 1. The highest BCUT2D eigenvalue weighted by Gasteiger charge is 2.09. The fourth-order valence-electron chi connectivity index (χ4n) is 1.86. The predicted molar refractivity (Wildman–Crippen MR) is 87.8 cm³/mol. The molecule has 3 nitrogen and oxygen atoms in total.